The number of halogens is 1. The van der Waals surface area contributed by atoms with Crippen LogP contribution in [0.4, 0.5) is 0 Å². The van der Waals surface area contributed by atoms with Crippen molar-refractivity contribution in [3.05, 3.63) is 42.2 Å². The second-order valence-electron chi connectivity index (χ2n) is 3.84. The standard InChI is InChI=1S/C11H13BrN4O2S/c12-9-10-1-3-11(4-2-10)19(17,18)14-6-8-16-7-5-13-15-16/h1-5,7,14H,6,8-9H2. The van der Waals surface area contributed by atoms with Crippen LogP contribution in [-0.2, 0) is 21.9 Å². The SMILES string of the molecule is O=S(=O)(NCCn1ccnn1)c1ccc(CBr)cc1. The Morgan fingerprint density at radius 2 is 2.00 bits per heavy atom. The van der Waals surface area contributed by atoms with Gasteiger partial charge in [-0.2, -0.15) is 0 Å². The van der Waals surface area contributed by atoms with E-state index in [2.05, 4.69) is 31.0 Å². The fraction of sp³-hybridized carbons (Fsp3) is 0.273. The first kappa shape index (κ1) is 14.2. The highest BCUT2D eigenvalue weighted by Gasteiger charge is 2.12. The Balaban J connectivity index is 1.97. The van der Waals surface area contributed by atoms with Crippen molar-refractivity contribution in [1.82, 2.24) is 19.7 Å². The van der Waals surface area contributed by atoms with Crippen molar-refractivity contribution in [1.29, 1.82) is 0 Å². The number of nitrogens with zero attached hydrogens (tertiary/aromatic N) is 3. The van der Waals surface area contributed by atoms with E-state index in [1.54, 1.807) is 41.3 Å². The maximum atomic E-state index is 12.0. The highest BCUT2D eigenvalue weighted by Crippen LogP contribution is 2.12. The second-order valence-corrected chi connectivity index (χ2v) is 6.17. The van der Waals surface area contributed by atoms with Crippen LogP contribution in [0.1, 0.15) is 5.56 Å². The van der Waals surface area contributed by atoms with Crippen LogP contribution in [0.25, 0.3) is 0 Å². The van der Waals surface area contributed by atoms with Crippen LogP contribution >= 0.6 is 15.9 Å². The summed E-state index contributed by atoms with van der Waals surface area (Å²) in [5.41, 5.74) is 1.03. The molecule has 0 atom stereocenters. The molecule has 0 radical (unpaired) electrons. The quantitative estimate of drug-likeness (QED) is 0.797. The van der Waals surface area contributed by atoms with E-state index >= 15 is 0 Å². The van der Waals surface area contributed by atoms with Crippen LogP contribution < -0.4 is 4.72 Å². The predicted molar refractivity (Wildman–Crippen MR) is 74.3 cm³/mol. The molecule has 0 saturated carbocycles. The van der Waals surface area contributed by atoms with Crippen molar-refractivity contribution < 1.29 is 8.42 Å². The zero-order chi connectivity index (χ0) is 13.7. The molecule has 1 N–H and O–H groups in total. The summed E-state index contributed by atoms with van der Waals surface area (Å²) in [6.07, 6.45) is 3.23. The smallest absolute Gasteiger partial charge is 0.240 e. The van der Waals surface area contributed by atoms with E-state index in [-0.39, 0.29) is 11.4 Å². The molecule has 0 aliphatic rings. The predicted octanol–water partition coefficient (Wildman–Crippen LogP) is 1.15. The van der Waals surface area contributed by atoms with Gasteiger partial charge in [0.1, 0.15) is 0 Å². The monoisotopic (exact) mass is 344 g/mol. The Morgan fingerprint density at radius 1 is 1.26 bits per heavy atom. The Labute approximate surface area is 120 Å². The molecule has 0 saturated heterocycles. The minimum atomic E-state index is -3.47. The van der Waals surface area contributed by atoms with Gasteiger partial charge < -0.3 is 0 Å². The summed E-state index contributed by atoms with van der Waals surface area (Å²) in [5, 5.41) is 8.11. The molecular formula is C11H13BrN4O2S. The molecule has 0 amide bonds. The van der Waals surface area contributed by atoms with Crippen molar-refractivity contribution in [2.45, 2.75) is 16.8 Å². The van der Waals surface area contributed by atoms with Crippen LogP contribution in [0.5, 0.6) is 0 Å². The van der Waals surface area contributed by atoms with E-state index in [0.29, 0.717) is 11.9 Å². The first-order valence-electron chi connectivity index (χ1n) is 5.60. The van der Waals surface area contributed by atoms with E-state index in [1.807, 2.05) is 0 Å². The number of benzene rings is 1. The highest BCUT2D eigenvalue weighted by atomic mass is 79.9. The van der Waals surface area contributed by atoms with Crippen LogP contribution in [0.3, 0.4) is 0 Å². The molecule has 0 fully saturated rings. The molecule has 102 valence electrons. The summed E-state index contributed by atoms with van der Waals surface area (Å²) < 4.78 is 28.1. The Morgan fingerprint density at radius 3 is 2.58 bits per heavy atom. The lowest BCUT2D eigenvalue weighted by atomic mass is 10.2. The van der Waals surface area contributed by atoms with E-state index in [1.165, 1.54) is 0 Å². The zero-order valence-corrected chi connectivity index (χ0v) is 12.4. The fourth-order valence-corrected chi connectivity index (χ4v) is 2.88. The summed E-state index contributed by atoms with van der Waals surface area (Å²) in [6, 6.07) is 6.74. The fourth-order valence-electron chi connectivity index (χ4n) is 1.49. The summed E-state index contributed by atoms with van der Waals surface area (Å²) in [4.78, 5) is 0.260. The average molecular weight is 345 g/mol. The van der Waals surface area contributed by atoms with Gasteiger partial charge in [0.05, 0.1) is 17.6 Å². The number of hydrogen-bond donors (Lipinski definition) is 1. The number of sulfonamides is 1. The summed E-state index contributed by atoms with van der Waals surface area (Å²) in [6.45, 7) is 0.713. The van der Waals surface area contributed by atoms with Crippen LogP contribution in [0, 0.1) is 0 Å². The maximum absolute atomic E-state index is 12.0. The van der Waals surface area contributed by atoms with Crippen molar-refractivity contribution >= 4 is 26.0 Å². The van der Waals surface area contributed by atoms with Gasteiger partial charge in [-0.1, -0.05) is 33.3 Å². The molecule has 0 aliphatic carbocycles. The lowest BCUT2D eigenvalue weighted by Gasteiger charge is -2.07. The van der Waals surface area contributed by atoms with Gasteiger partial charge in [0.2, 0.25) is 10.0 Å². The Bertz CT molecular complexity index is 611. The van der Waals surface area contributed by atoms with E-state index in [0.717, 1.165) is 5.56 Å². The Hall–Kier alpha value is -1.25. The molecule has 19 heavy (non-hydrogen) atoms. The minimum Gasteiger partial charge on any atom is -0.251 e. The topological polar surface area (TPSA) is 76.9 Å². The van der Waals surface area contributed by atoms with Gasteiger partial charge in [0, 0.05) is 18.1 Å². The third-order valence-electron chi connectivity index (χ3n) is 2.49. The average Bonchev–Trinajstić information content (AvgIpc) is 2.92. The number of rotatable bonds is 6. The molecule has 0 aliphatic heterocycles. The lowest BCUT2D eigenvalue weighted by molar-refractivity contribution is 0.553. The van der Waals surface area contributed by atoms with Crippen molar-refractivity contribution in [3.63, 3.8) is 0 Å². The van der Waals surface area contributed by atoms with E-state index < -0.39 is 10.0 Å². The molecule has 1 heterocycles. The first-order valence-corrected chi connectivity index (χ1v) is 8.21. The van der Waals surface area contributed by atoms with Gasteiger partial charge in [0.25, 0.3) is 0 Å². The molecule has 1 aromatic carbocycles. The van der Waals surface area contributed by atoms with Crippen LogP contribution in [0.15, 0.2) is 41.6 Å². The third kappa shape index (κ3) is 3.85. The molecule has 8 heteroatoms. The molecule has 0 spiro atoms. The molecule has 2 rings (SSSR count). The molecule has 1 aromatic heterocycles. The van der Waals surface area contributed by atoms with Crippen molar-refractivity contribution in [2.24, 2.45) is 0 Å². The van der Waals surface area contributed by atoms with E-state index in [9.17, 15) is 8.42 Å². The molecular weight excluding hydrogens is 332 g/mol. The number of aromatic nitrogens is 3. The first-order chi connectivity index (χ1) is 9.12. The maximum Gasteiger partial charge on any atom is 0.240 e. The molecule has 6 nitrogen and oxygen atoms in total. The van der Waals surface area contributed by atoms with Crippen LogP contribution in [-0.4, -0.2) is 30.0 Å². The normalized spacial score (nSPS) is 11.6. The number of alkyl halides is 1. The number of nitrogens with one attached hydrogen (secondary N) is 1. The lowest BCUT2D eigenvalue weighted by Crippen LogP contribution is -2.27. The summed E-state index contributed by atoms with van der Waals surface area (Å²) in [7, 11) is -3.47. The van der Waals surface area contributed by atoms with Gasteiger partial charge in [-0.25, -0.2) is 13.1 Å². The summed E-state index contributed by atoms with van der Waals surface area (Å²) >= 11 is 3.32. The zero-order valence-electron chi connectivity index (χ0n) is 10.0. The van der Waals surface area contributed by atoms with Gasteiger partial charge in [-0.05, 0) is 17.7 Å². The van der Waals surface area contributed by atoms with Crippen molar-refractivity contribution in [2.75, 3.05) is 6.54 Å². The number of hydrogen-bond acceptors (Lipinski definition) is 4. The van der Waals surface area contributed by atoms with Gasteiger partial charge >= 0.3 is 0 Å². The molecule has 0 unspecified atom stereocenters. The third-order valence-corrected chi connectivity index (χ3v) is 4.62. The van der Waals surface area contributed by atoms with Crippen LogP contribution in [0.2, 0.25) is 0 Å². The molecule has 2 aromatic rings. The molecule has 0 bridgehead atoms. The second kappa shape index (κ2) is 6.27. The largest absolute Gasteiger partial charge is 0.251 e. The summed E-state index contributed by atoms with van der Waals surface area (Å²) in [5.74, 6) is 0. The highest BCUT2D eigenvalue weighted by molar-refractivity contribution is 9.08. The van der Waals surface area contributed by atoms with Gasteiger partial charge in [-0.3, -0.25) is 4.68 Å². The Kier molecular flexibility index (Phi) is 4.67. The van der Waals surface area contributed by atoms with Gasteiger partial charge in [0.15, 0.2) is 0 Å². The minimum absolute atomic E-state index is 0.260. The van der Waals surface area contributed by atoms with E-state index in [4.69, 9.17) is 0 Å². The van der Waals surface area contributed by atoms with Gasteiger partial charge in [-0.15, -0.1) is 5.10 Å². The van der Waals surface area contributed by atoms with Crippen molar-refractivity contribution in [3.8, 4) is 0 Å².